The number of hydrogen-bond acceptors (Lipinski definition) is 4. The Morgan fingerprint density at radius 3 is 2.48 bits per heavy atom. The lowest BCUT2D eigenvalue weighted by atomic mass is 10.1. The van der Waals surface area contributed by atoms with Crippen molar-refractivity contribution in [3.8, 4) is 0 Å². The van der Waals surface area contributed by atoms with Gasteiger partial charge in [0.2, 0.25) is 5.91 Å². The lowest BCUT2D eigenvalue weighted by Crippen LogP contribution is -2.46. The number of aryl methyl sites for hydroxylation is 1. The maximum atomic E-state index is 12.6. The number of anilines is 2. The van der Waals surface area contributed by atoms with Crippen LogP contribution in [0.15, 0.2) is 42.6 Å². The van der Waals surface area contributed by atoms with Crippen LogP contribution >= 0.6 is 0 Å². The third-order valence-corrected chi connectivity index (χ3v) is 6.37. The van der Waals surface area contributed by atoms with Gasteiger partial charge in [0.25, 0.3) is 0 Å². The van der Waals surface area contributed by atoms with Crippen molar-refractivity contribution < 1.29 is 4.79 Å². The van der Waals surface area contributed by atoms with E-state index < -0.39 is 0 Å². The van der Waals surface area contributed by atoms with Crippen LogP contribution < -0.4 is 10.2 Å². The molecule has 1 aromatic carbocycles. The zero-order valence-electron chi connectivity index (χ0n) is 17.7. The molecule has 0 aliphatic carbocycles. The van der Waals surface area contributed by atoms with E-state index in [1.165, 1.54) is 11.4 Å². The maximum Gasteiger partial charge on any atom is 0.238 e. The van der Waals surface area contributed by atoms with Crippen molar-refractivity contribution in [1.82, 2.24) is 14.4 Å². The number of nitrogens with zero attached hydrogens (tertiary/aromatic N) is 4. The van der Waals surface area contributed by atoms with Crippen molar-refractivity contribution in [3.63, 3.8) is 0 Å². The van der Waals surface area contributed by atoms with Crippen LogP contribution in [0, 0.1) is 0 Å². The van der Waals surface area contributed by atoms with Gasteiger partial charge in [-0.05, 0) is 62.3 Å². The summed E-state index contributed by atoms with van der Waals surface area (Å²) in [4.78, 5) is 19.8. The fourth-order valence-electron chi connectivity index (χ4n) is 4.63. The molecule has 1 atom stereocenters. The lowest BCUT2D eigenvalue weighted by molar-refractivity contribution is -0.117. The second-order valence-electron chi connectivity index (χ2n) is 8.19. The fourth-order valence-corrected chi connectivity index (χ4v) is 4.63. The number of rotatable bonds is 6. The second kappa shape index (κ2) is 9.01. The molecule has 0 saturated carbocycles. The van der Waals surface area contributed by atoms with Crippen LogP contribution in [0.3, 0.4) is 0 Å². The Hall–Kier alpha value is -2.31. The zero-order valence-corrected chi connectivity index (χ0v) is 17.7. The highest BCUT2D eigenvalue weighted by Crippen LogP contribution is 2.31. The predicted octanol–water partition coefficient (Wildman–Crippen LogP) is 2.94. The molecule has 0 radical (unpaired) electrons. The Morgan fingerprint density at radius 2 is 1.83 bits per heavy atom. The van der Waals surface area contributed by atoms with Crippen LogP contribution in [0.4, 0.5) is 11.4 Å². The van der Waals surface area contributed by atoms with E-state index in [9.17, 15) is 4.79 Å². The van der Waals surface area contributed by atoms with Gasteiger partial charge in [0.1, 0.15) is 0 Å². The minimum absolute atomic E-state index is 0.0652. The van der Waals surface area contributed by atoms with Crippen molar-refractivity contribution in [2.45, 2.75) is 25.8 Å². The summed E-state index contributed by atoms with van der Waals surface area (Å²) in [6, 6.07) is 12.9. The molecule has 0 spiro atoms. The molecule has 2 aliphatic heterocycles. The molecule has 3 heterocycles. The first-order valence-electron chi connectivity index (χ1n) is 10.9. The summed E-state index contributed by atoms with van der Waals surface area (Å²) >= 11 is 0. The van der Waals surface area contributed by atoms with E-state index in [0.29, 0.717) is 12.6 Å². The SMILES string of the molecule is CCN1CCN(c2ccc(NC(=O)CN3CCCC3c3cccn3C)cc2)CC1. The highest BCUT2D eigenvalue weighted by Gasteiger charge is 2.29. The molecule has 6 heteroatoms. The van der Waals surface area contributed by atoms with Gasteiger partial charge in [0.05, 0.1) is 12.6 Å². The quantitative estimate of drug-likeness (QED) is 0.817. The minimum Gasteiger partial charge on any atom is -0.369 e. The molecule has 2 fully saturated rings. The number of aromatic nitrogens is 1. The van der Waals surface area contributed by atoms with E-state index in [0.717, 1.165) is 57.8 Å². The molecule has 29 heavy (non-hydrogen) atoms. The average Bonchev–Trinajstić information content (AvgIpc) is 3.37. The summed E-state index contributed by atoms with van der Waals surface area (Å²) in [6.45, 7) is 9.13. The van der Waals surface area contributed by atoms with Gasteiger partial charge in [0.15, 0.2) is 0 Å². The van der Waals surface area contributed by atoms with Gasteiger partial charge in [-0.1, -0.05) is 6.92 Å². The van der Waals surface area contributed by atoms with E-state index in [2.05, 4.69) is 69.0 Å². The third kappa shape index (κ3) is 4.65. The lowest BCUT2D eigenvalue weighted by Gasteiger charge is -2.35. The third-order valence-electron chi connectivity index (χ3n) is 6.37. The highest BCUT2D eigenvalue weighted by atomic mass is 16.2. The van der Waals surface area contributed by atoms with E-state index in [1.54, 1.807) is 0 Å². The standard InChI is InChI=1S/C23H33N5O/c1-3-26-14-16-27(17-15-26)20-10-8-19(9-11-20)24-23(29)18-28-13-5-7-22(28)21-6-4-12-25(21)2/h4,6,8-12,22H,3,5,7,13-18H2,1-2H3,(H,24,29). The molecule has 1 unspecified atom stereocenters. The molecular weight excluding hydrogens is 362 g/mol. The summed E-state index contributed by atoms with van der Waals surface area (Å²) in [5.74, 6) is 0.0652. The molecule has 2 aliphatic rings. The van der Waals surface area contributed by atoms with E-state index in [4.69, 9.17) is 0 Å². The van der Waals surface area contributed by atoms with Gasteiger partial charge in [-0.2, -0.15) is 0 Å². The van der Waals surface area contributed by atoms with Crippen LogP contribution in [0.25, 0.3) is 0 Å². The van der Waals surface area contributed by atoms with Crippen molar-refractivity contribution in [2.24, 2.45) is 7.05 Å². The van der Waals surface area contributed by atoms with Gasteiger partial charge in [-0.3, -0.25) is 9.69 Å². The molecule has 6 nitrogen and oxygen atoms in total. The number of hydrogen-bond donors (Lipinski definition) is 1. The Morgan fingerprint density at radius 1 is 1.07 bits per heavy atom. The number of carbonyl (C=O) groups excluding carboxylic acids is 1. The summed E-state index contributed by atoms with van der Waals surface area (Å²) in [5, 5.41) is 3.08. The first-order chi connectivity index (χ1) is 14.1. The average molecular weight is 396 g/mol. The summed E-state index contributed by atoms with van der Waals surface area (Å²) in [6.07, 6.45) is 4.34. The summed E-state index contributed by atoms with van der Waals surface area (Å²) < 4.78 is 2.17. The van der Waals surface area contributed by atoms with Crippen LogP contribution in [0.1, 0.15) is 31.5 Å². The number of carbonyl (C=O) groups is 1. The van der Waals surface area contributed by atoms with Gasteiger partial charge in [0, 0.05) is 56.5 Å². The summed E-state index contributed by atoms with van der Waals surface area (Å²) in [5.41, 5.74) is 3.41. The normalized spacial score (nSPS) is 20.9. The topological polar surface area (TPSA) is 43.8 Å². The number of piperazine rings is 1. The van der Waals surface area contributed by atoms with E-state index >= 15 is 0 Å². The number of likely N-dealkylation sites (N-methyl/N-ethyl adjacent to an activating group) is 1. The van der Waals surface area contributed by atoms with Crippen LogP contribution in [0.5, 0.6) is 0 Å². The Balaban J connectivity index is 1.31. The fraction of sp³-hybridized carbons (Fsp3) is 0.522. The predicted molar refractivity (Wildman–Crippen MR) is 118 cm³/mol. The zero-order chi connectivity index (χ0) is 20.2. The number of likely N-dealkylation sites (tertiary alicyclic amines) is 1. The Bertz CT molecular complexity index is 807. The van der Waals surface area contributed by atoms with Gasteiger partial charge < -0.3 is 19.7 Å². The molecule has 2 aromatic rings. The van der Waals surface area contributed by atoms with E-state index in [-0.39, 0.29) is 5.91 Å². The summed E-state index contributed by atoms with van der Waals surface area (Å²) in [7, 11) is 2.08. The Labute approximate surface area is 174 Å². The smallest absolute Gasteiger partial charge is 0.238 e. The molecular formula is C23H33N5O. The molecule has 156 valence electrons. The largest absolute Gasteiger partial charge is 0.369 e. The van der Waals surface area contributed by atoms with Gasteiger partial charge in [-0.15, -0.1) is 0 Å². The molecule has 4 rings (SSSR count). The Kier molecular flexibility index (Phi) is 6.21. The van der Waals surface area contributed by atoms with Gasteiger partial charge in [-0.25, -0.2) is 0 Å². The van der Waals surface area contributed by atoms with Crippen molar-refractivity contribution in [1.29, 1.82) is 0 Å². The number of benzene rings is 1. The van der Waals surface area contributed by atoms with Crippen molar-refractivity contribution in [3.05, 3.63) is 48.3 Å². The van der Waals surface area contributed by atoms with E-state index in [1.807, 2.05) is 12.1 Å². The first-order valence-corrected chi connectivity index (χ1v) is 10.9. The minimum atomic E-state index is 0.0652. The van der Waals surface area contributed by atoms with Crippen LogP contribution in [-0.4, -0.2) is 66.1 Å². The van der Waals surface area contributed by atoms with Gasteiger partial charge >= 0.3 is 0 Å². The molecule has 2 saturated heterocycles. The van der Waals surface area contributed by atoms with Crippen LogP contribution in [-0.2, 0) is 11.8 Å². The first kappa shape index (κ1) is 20.0. The number of nitrogens with one attached hydrogen (secondary N) is 1. The van der Waals surface area contributed by atoms with Crippen molar-refractivity contribution >= 4 is 17.3 Å². The number of amides is 1. The molecule has 1 amide bonds. The molecule has 0 bridgehead atoms. The van der Waals surface area contributed by atoms with Crippen LogP contribution in [0.2, 0.25) is 0 Å². The monoisotopic (exact) mass is 395 g/mol. The molecule has 1 aromatic heterocycles. The highest BCUT2D eigenvalue weighted by molar-refractivity contribution is 5.92. The second-order valence-corrected chi connectivity index (χ2v) is 8.19. The maximum absolute atomic E-state index is 12.6. The molecule has 1 N–H and O–H groups in total. The van der Waals surface area contributed by atoms with Crippen molar-refractivity contribution in [2.75, 3.05) is 56.0 Å².